The number of halogens is 2. The number of thioether (sulfide) groups is 1. The van der Waals surface area contributed by atoms with Crippen molar-refractivity contribution in [1.29, 1.82) is 0 Å². The van der Waals surface area contributed by atoms with Crippen LogP contribution in [-0.2, 0) is 9.59 Å². The summed E-state index contributed by atoms with van der Waals surface area (Å²) in [6.45, 7) is 3.92. The maximum absolute atomic E-state index is 13.4. The minimum atomic E-state index is -0.442. The zero-order valence-corrected chi connectivity index (χ0v) is 19.1. The van der Waals surface area contributed by atoms with Crippen LogP contribution in [0.4, 0.5) is 11.4 Å². The lowest BCUT2D eigenvalue weighted by molar-refractivity contribution is -0.120. The molecule has 1 aliphatic rings. The minimum absolute atomic E-state index is 0.235. The predicted octanol–water partition coefficient (Wildman–Crippen LogP) is 6.60. The zero-order chi connectivity index (χ0) is 22.1. The maximum Gasteiger partial charge on any atom is 0.283 e. The number of carbonyl (C=O) groups is 2. The molecule has 0 aromatic heterocycles. The average Bonchev–Trinajstić information content (AvgIpc) is 2.97. The largest absolute Gasteiger partial charge is 0.350 e. The van der Waals surface area contributed by atoms with Crippen molar-refractivity contribution < 1.29 is 9.59 Å². The van der Waals surface area contributed by atoms with E-state index in [1.165, 1.54) is 17.8 Å². The summed E-state index contributed by atoms with van der Waals surface area (Å²) in [5, 5.41) is 3.84. The average molecular weight is 469 g/mol. The Kier molecular flexibility index (Phi) is 6.10. The van der Waals surface area contributed by atoms with Crippen LogP contribution in [0.1, 0.15) is 11.1 Å². The number of hydrogen-bond donors (Lipinski definition) is 1. The lowest BCUT2D eigenvalue weighted by atomic mass is 10.1. The molecule has 0 bridgehead atoms. The van der Waals surface area contributed by atoms with Crippen molar-refractivity contribution in [2.45, 2.75) is 18.7 Å². The van der Waals surface area contributed by atoms with Gasteiger partial charge in [-0.1, -0.05) is 65.3 Å². The van der Waals surface area contributed by atoms with Crippen LogP contribution in [0.3, 0.4) is 0 Å². The first kappa shape index (κ1) is 21.5. The molecule has 1 N–H and O–H groups in total. The molecule has 4 nitrogen and oxygen atoms in total. The Hall–Kier alpha value is -2.73. The van der Waals surface area contributed by atoms with Gasteiger partial charge in [0.25, 0.3) is 11.8 Å². The molecule has 0 atom stereocenters. The molecule has 4 rings (SSSR count). The van der Waals surface area contributed by atoms with E-state index in [0.717, 1.165) is 26.6 Å². The molecule has 2 amide bonds. The first-order chi connectivity index (χ1) is 14.8. The van der Waals surface area contributed by atoms with Crippen LogP contribution in [-0.4, -0.2) is 11.8 Å². The van der Waals surface area contributed by atoms with Gasteiger partial charge in [-0.3, -0.25) is 9.59 Å². The second-order valence-electron chi connectivity index (χ2n) is 7.11. The van der Waals surface area contributed by atoms with Crippen LogP contribution in [0, 0.1) is 13.8 Å². The molecule has 0 spiro atoms. The van der Waals surface area contributed by atoms with Crippen molar-refractivity contribution in [3.05, 3.63) is 98.5 Å². The van der Waals surface area contributed by atoms with Gasteiger partial charge in [-0.2, -0.15) is 0 Å². The Morgan fingerprint density at radius 2 is 1.58 bits per heavy atom. The highest BCUT2D eigenvalue weighted by Crippen LogP contribution is 2.39. The number of carbonyl (C=O) groups excluding carboxylic acids is 2. The third-order valence-corrected chi connectivity index (χ3v) is 6.65. The fourth-order valence-corrected chi connectivity index (χ4v) is 4.43. The van der Waals surface area contributed by atoms with Crippen LogP contribution in [0.2, 0.25) is 10.0 Å². The van der Waals surface area contributed by atoms with Crippen molar-refractivity contribution in [1.82, 2.24) is 0 Å². The fourth-order valence-electron chi connectivity index (χ4n) is 3.18. The van der Waals surface area contributed by atoms with Crippen LogP contribution in [0.25, 0.3) is 0 Å². The molecular formula is C24H18Cl2N2O2S. The summed E-state index contributed by atoms with van der Waals surface area (Å²) in [6, 6.07) is 20.1. The maximum atomic E-state index is 13.4. The molecule has 0 radical (unpaired) electrons. The van der Waals surface area contributed by atoms with Gasteiger partial charge in [0.1, 0.15) is 10.6 Å². The number of hydrogen-bond acceptors (Lipinski definition) is 4. The number of nitrogens with zero attached hydrogens (tertiary/aromatic N) is 1. The fraction of sp³-hybridized carbons (Fsp3) is 0.0833. The van der Waals surface area contributed by atoms with E-state index in [9.17, 15) is 9.59 Å². The number of imide groups is 1. The Balaban J connectivity index is 1.78. The lowest BCUT2D eigenvalue weighted by Gasteiger charge is -2.16. The number of amides is 2. The van der Waals surface area contributed by atoms with Gasteiger partial charge in [-0.25, -0.2) is 4.90 Å². The van der Waals surface area contributed by atoms with Crippen molar-refractivity contribution in [2.75, 3.05) is 10.2 Å². The topological polar surface area (TPSA) is 49.4 Å². The molecule has 0 saturated heterocycles. The van der Waals surface area contributed by atoms with Gasteiger partial charge in [-0.15, -0.1) is 0 Å². The molecular weight excluding hydrogens is 451 g/mol. The van der Waals surface area contributed by atoms with Gasteiger partial charge in [0, 0.05) is 10.6 Å². The van der Waals surface area contributed by atoms with Crippen molar-refractivity contribution >= 4 is 58.2 Å². The Morgan fingerprint density at radius 1 is 0.839 bits per heavy atom. The molecule has 0 fully saturated rings. The molecule has 3 aromatic rings. The number of aryl methyl sites for hydroxylation is 2. The molecule has 0 aliphatic carbocycles. The minimum Gasteiger partial charge on any atom is -0.350 e. The molecule has 0 unspecified atom stereocenters. The molecule has 7 heteroatoms. The summed E-state index contributed by atoms with van der Waals surface area (Å²) < 4.78 is 0. The van der Waals surface area contributed by atoms with Gasteiger partial charge in [0.15, 0.2) is 0 Å². The highest BCUT2D eigenvalue weighted by Gasteiger charge is 2.40. The molecule has 1 aliphatic heterocycles. The van der Waals surface area contributed by atoms with E-state index in [-0.39, 0.29) is 10.7 Å². The summed E-state index contributed by atoms with van der Waals surface area (Å²) >= 11 is 13.4. The third-order valence-electron chi connectivity index (χ3n) is 4.82. The van der Waals surface area contributed by atoms with E-state index < -0.39 is 11.8 Å². The molecule has 0 saturated carbocycles. The van der Waals surface area contributed by atoms with Gasteiger partial charge in [0.2, 0.25) is 0 Å². The van der Waals surface area contributed by atoms with Crippen LogP contribution >= 0.6 is 35.0 Å². The normalized spacial score (nSPS) is 13.9. The zero-order valence-electron chi connectivity index (χ0n) is 16.8. The smallest absolute Gasteiger partial charge is 0.283 e. The van der Waals surface area contributed by atoms with Crippen molar-refractivity contribution in [3.63, 3.8) is 0 Å². The summed E-state index contributed by atoms with van der Waals surface area (Å²) in [7, 11) is 0. The number of nitrogens with one attached hydrogen (secondary N) is 1. The van der Waals surface area contributed by atoms with E-state index in [0.29, 0.717) is 15.6 Å². The quantitative estimate of drug-likeness (QED) is 0.428. The Labute approximate surface area is 194 Å². The van der Waals surface area contributed by atoms with E-state index in [1.54, 1.807) is 12.1 Å². The van der Waals surface area contributed by atoms with Crippen LogP contribution in [0.5, 0.6) is 0 Å². The van der Waals surface area contributed by atoms with Crippen molar-refractivity contribution in [3.8, 4) is 0 Å². The summed E-state index contributed by atoms with van der Waals surface area (Å²) in [5.74, 6) is -0.854. The Morgan fingerprint density at radius 3 is 2.29 bits per heavy atom. The highest BCUT2D eigenvalue weighted by atomic mass is 35.5. The predicted molar refractivity (Wildman–Crippen MR) is 128 cm³/mol. The summed E-state index contributed by atoms with van der Waals surface area (Å²) in [5.41, 5.74) is 3.39. The number of benzene rings is 3. The summed E-state index contributed by atoms with van der Waals surface area (Å²) in [4.78, 5) is 29.1. The standard InChI is InChI=1S/C24H18Cl2N2O2S/c1-14-8-9-15(2)20(12-14)27-21-22(31-17-6-4-3-5-7-17)24(30)28(23(21)29)16-10-11-18(25)19(26)13-16/h3-13,27H,1-2H3. The molecule has 31 heavy (non-hydrogen) atoms. The van der Waals surface area contributed by atoms with E-state index in [1.807, 2.05) is 62.4 Å². The van der Waals surface area contributed by atoms with E-state index >= 15 is 0 Å². The number of rotatable bonds is 5. The van der Waals surface area contributed by atoms with Crippen molar-refractivity contribution in [2.24, 2.45) is 0 Å². The van der Waals surface area contributed by atoms with E-state index in [2.05, 4.69) is 5.32 Å². The molecule has 156 valence electrons. The number of anilines is 2. The lowest BCUT2D eigenvalue weighted by Crippen LogP contribution is -2.32. The van der Waals surface area contributed by atoms with Gasteiger partial charge >= 0.3 is 0 Å². The van der Waals surface area contributed by atoms with Gasteiger partial charge in [-0.05, 0) is 61.4 Å². The van der Waals surface area contributed by atoms with Gasteiger partial charge < -0.3 is 5.32 Å². The molecule has 1 heterocycles. The monoisotopic (exact) mass is 468 g/mol. The van der Waals surface area contributed by atoms with Gasteiger partial charge in [0.05, 0.1) is 15.7 Å². The first-order valence-electron chi connectivity index (χ1n) is 9.50. The first-order valence-corrected chi connectivity index (χ1v) is 11.1. The summed E-state index contributed by atoms with van der Waals surface area (Å²) in [6.07, 6.45) is 0. The van der Waals surface area contributed by atoms with Crippen LogP contribution in [0.15, 0.2) is 82.2 Å². The third kappa shape index (κ3) is 4.35. The molecule has 3 aromatic carbocycles. The van der Waals surface area contributed by atoms with Crippen LogP contribution < -0.4 is 10.2 Å². The van der Waals surface area contributed by atoms with E-state index in [4.69, 9.17) is 23.2 Å². The second kappa shape index (κ2) is 8.79. The highest BCUT2D eigenvalue weighted by molar-refractivity contribution is 8.04. The Bertz CT molecular complexity index is 1230. The second-order valence-corrected chi connectivity index (χ2v) is 9.00. The SMILES string of the molecule is Cc1ccc(C)c(NC2=C(Sc3ccccc3)C(=O)N(c3ccc(Cl)c(Cl)c3)C2=O)c1.